The molecule has 0 aromatic carbocycles. The lowest BCUT2D eigenvalue weighted by molar-refractivity contribution is -0.124. The van der Waals surface area contributed by atoms with Crippen LogP contribution in [-0.2, 0) is 18.9 Å². The molecule has 1 saturated carbocycles. The second-order valence-electron chi connectivity index (χ2n) is 6.52. The Bertz CT molecular complexity index is 904. The van der Waals surface area contributed by atoms with E-state index in [0.717, 1.165) is 30.3 Å². The van der Waals surface area contributed by atoms with Crippen molar-refractivity contribution in [1.29, 1.82) is 0 Å². The van der Waals surface area contributed by atoms with E-state index in [0.29, 0.717) is 16.7 Å². The molecule has 0 radical (unpaired) electrons. The minimum atomic E-state index is -0.426. The van der Waals surface area contributed by atoms with Crippen molar-refractivity contribution >= 4 is 22.6 Å². The number of aromatic nitrogens is 3. The van der Waals surface area contributed by atoms with Gasteiger partial charge in [-0.3, -0.25) is 18.7 Å². The van der Waals surface area contributed by atoms with Gasteiger partial charge < -0.3 is 5.32 Å². The smallest absolute Gasteiger partial charge is 0.324 e. The van der Waals surface area contributed by atoms with Crippen molar-refractivity contribution in [2.24, 2.45) is 19.5 Å². The van der Waals surface area contributed by atoms with E-state index in [9.17, 15) is 14.4 Å². The van der Waals surface area contributed by atoms with Gasteiger partial charge in [-0.2, -0.15) is 0 Å². The summed E-state index contributed by atoms with van der Waals surface area (Å²) >= 11 is 0. The van der Waals surface area contributed by atoms with Crippen molar-refractivity contribution in [2.45, 2.75) is 32.6 Å². The van der Waals surface area contributed by atoms with Crippen LogP contribution in [-0.4, -0.2) is 20.0 Å². The molecule has 7 heteroatoms. The summed E-state index contributed by atoms with van der Waals surface area (Å²) in [5.41, 5.74) is -0.415. The van der Waals surface area contributed by atoms with E-state index in [1.54, 1.807) is 13.1 Å². The molecule has 1 aliphatic rings. The maximum atomic E-state index is 12.5. The number of pyridine rings is 1. The molecule has 2 heterocycles. The third-order valence-corrected chi connectivity index (χ3v) is 4.81. The molecule has 1 N–H and O–H groups in total. The molecule has 1 amide bonds. The Balaban J connectivity index is 2.02. The molecule has 0 bridgehead atoms. The van der Waals surface area contributed by atoms with Gasteiger partial charge in [0.1, 0.15) is 5.65 Å². The molecule has 0 unspecified atom stereocenters. The highest BCUT2D eigenvalue weighted by molar-refractivity contribution is 5.96. The molecule has 1 aliphatic carbocycles. The van der Waals surface area contributed by atoms with Gasteiger partial charge >= 0.3 is 5.69 Å². The number of carbonyl (C=O) groups is 1. The Hall–Kier alpha value is -2.44. The molecule has 3 rings (SSSR count). The first-order chi connectivity index (χ1) is 10.8. The summed E-state index contributed by atoms with van der Waals surface area (Å²) in [6, 6.07) is 1.58. The molecule has 7 nitrogen and oxygen atoms in total. The lowest BCUT2D eigenvalue weighted by Crippen LogP contribution is -2.37. The van der Waals surface area contributed by atoms with E-state index in [1.807, 2.05) is 6.92 Å². The van der Waals surface area contributed by atoms with Crippen molar-refractivity contribution < 1.29 is 4.79 Å². The Morgan fingerprint density at radius 3 is 2.52 bits per heavy atom. The molecular weight excluding hydrogens is 296 g/mol. The van der Waals surface area contributed by atoms with E-state index in [1.165, 1.54) is 17.8 Å². The Kier molecular flexibility index (Phi) is 3.58. The zero-order chi connectivity index (χ0) is 16.8. The number of hydrogen-bond acceptors (Lipinski definition) is 4. The second-order valence-corrected chi connectivity index (χ2v) is 6.52. The molecule has 0 aliphatic heterocycles. The highest BCUT2D eigenvalue weighted by Gasteiger charge is 2.36. The van der Waals surface area contributed by atoms with E-state index in [4.69, 9.17) is 0 Å². The van der Waals surface area contributed by atoms with Crippen LogP contribution in [0.4, 0.5) is 5.69 Å². The van der Waals surface area contributed by atoms with E-state index in [2.05, 4.69) is 10.3 Å². The van der Waals surface area contributed by atoms with Crippen molar-refractivity contribution in [3.8, 4) is 0 Å². The maximum Gasteiger partial charge on any atom is 0.332 e. The van der Waals surface area contributed by atoms with Gasteiger partial charge in [-0.25, -0.2) is 9.78 Å². The number of nitrogens with one attached hydrogen (secondary N) is 1. The molecule has 0 saturated heterocycles. The quantitative estimate of drug-likeness (QED) is 0.900. The molecule has 0 spiro atoms. The highest BCUT2D eigenvalue weighted by Crippen LogP contribution is 2.38. The molecule has 2 aromatic rings. The topological polar surface area (TPSA) is 86.0 Å². The third kappa shape index (κ3) is 2.46. The van der Waals surface area contributed by atoms with Crippen molar-refractivity contribution in [1.82, 2.24) is 14.1 Å². The maximum absolute atomic E-state index is 12.5. The number of hydrogen-bond donors (Lipinski definition) is 1. The monoisotopic (exact) mass is 316 g/mol. The zero-order valence-corrected chi connectivity index (χ0v) is 13.5. The number of amides is 1. The van der Waals surface area contributed by atoms with Gasteiger partial charge in [0, 0.05) is 19.5 Å². The predicted octanol–water partition coefficient (Wildman–Crippen LogP) is 1.15. The van der Waals surface area contributed by atoms with Gasteiger partial charge in [0.15, 0.2) is 0 Å². The van der Waals surface area contributed by atoms with Gasteiger partial charge in [-0.05, 0) is 18.9 Å². The fourth-order valence-corrected chi connectivity index (χ4v) is 3.20. The molecular formula is C16H20N4O3. The first-order valence-corrected chi connectivity index (χ1v) is 7.71. The summed E-state index contributed by atoms with van der Waals surface area (Å²) in [6.07, 6.45) is 5.34. The van der Waals surface area contributed by atoms with Crippen LogP contribution in [0.15, 0.2) is 21.9 Å². The summed E-state index contributed by atoms with van der Waals surface area (Å²) in [6.45, 7) is 1.96. The Morgan fingerprint density at radius 1 is 1.22 bits per heavy atom. The van der Waals surface area contributed by atoms with Crippen molar-refractivity contribution in [3.05, 3.63) is 33.1 Å². The largest absolute Gasteiger partial charge is 0.332 e. The SMILES string of the molecule is Cn1c(=O)c2cc(NC(=O)C3(C)CCCC3)cnc2n(C)c1=O. The first kappa shape index (κ1) is 15.5. The normalized spacial score (nSPS) is 16.7. The lowest BCUT2D eigenvalue weighted by Gasteiger charge is -2.22. The first-order valence-electron chi connectivity index (χ1n) is 7.71. The van der Waals surface area contributed by atoms with Crippen molar-refractivity contribution in [2.75, 3.05) is 5.32 Å². The predicted molar refractivity (Wildman–Crippen MR) is 87.4 cm³/mol. The van der Waals surface area contributed by atoms with Crippen molar-refractivity contribution in [3.63, 3.8) is 0 Å². The average molecular weight is 316 g/mol. The van der Waals surface area contributed by atoms with Gasteiger partial charge in [-0.15, -0.1) is 0 Å². The number of rotatable bonds is 2. The molecule has 122 valence electrons. The molecule has 0 atom stereocenters. The van der Waals surface area contributed by atoms with Crippen LogP contribution >= 0.6 is 0 Å². The standard InChI is InChI=1S/C16H20N4O3/c1-16(6-4-5-7-16)14(22)18-10-8-11-12(17-9-10)19(2)15(23)20(3)13(11)21/h8-9H,4-7H2,1-3H3,(H,18,22). The summed E-state index contributed by atoms with van der Waals surface area (Å²) in [5.74, 6) is -0.0437. The van der Waals surface area contributed by atoms with Crippen LogP contribution < -0.4 is 16.6 Å². The minimum Gasteiger partial charge on any atom is -0.324 e. The van der Waals surface area contributed by atoms with Crippen LogP contribution in [0.3, 0.4) is 0 Å². The summed E-state index contributed by atoms with van der Waals surface area (Å²) in [4.78, 5) is 40.8. The van der Waals surface area contributed by atoms with Gasteiger partial charge in [0.2, 0.25) is 5.91 Å². The van der Waals surface area contributed by atoms with Gasteiger partial charge in [0.25, 0.3) is 5.56 Å². The Morgan fingerprint density at radius 2 is 1.87 bits per heavy atom. The molecule has 1 fully saturated rings. The average Bonchev–Trinajstić information content (AvgIpc) is 2.99. The summed E-state index contributed by atoms with van der Waals surface area (Å²) in [7, 11) is 2.99. The minimum absolute atomic E-state index is 0.0437. The number of fused-ring (bicyclic) bond motifs is 1. The van der Waals surface area contributed by atoms with Crippen LogP contribution in [0.25, 0.3) is 11.0 Å². The van der Waals surface area contributed by atoms with Crippen LogP contribution in [0, 0.1) is 5.41 Å². The van der Waals surface area contributed by atoms with Gasteiger partial charge in [0.05, 0.1) is 17.3 Å². The van der Waals surface area contributed by atoms with E-state index >= 15 is 0 Å². The van der Waals surface area contributed by atoms with Crippen LogP contribution in [0.5, 0.6) is 0 Å². The third-order valence-electron chi connectivity index (χ3n) is 4.81. The van der Waals surface area contributed by atoms with E-state index in [-0.39, 0.29) is 11.3 Å². The fraction of sp³-hybridized carbons (Fsp3) is 0.500. The number of carbonyl (C=O) groups excluding carboxylic acids is 1. The second kappa shape index (κ2) is 5.33. The zero-order valence-electron chi connectivity index (χ0n) is 13.5. The number of nitrogens with zero attached hydrogens (tertiary/aromatic N) is 3. The Labute approximate surface area is 133 Å². The van der Waals surface area contributed by atoms with Crippen LogP contribution in [0.1, 0.15) is 32.6 Å². The fourth-order valence-electron chi connectivity index (χ4n) is 3.20. The van der Waals surface area contributed by atoms with E-state index < -0.39 is 11.2 Å². The summed E-state index contributed by atoms with van der Waals surface area (Å²) in [5, 5.41) is 3.17. The summed E-state index contributed by atoms with van der Waals surface area (Å²) < 4.78 is 2.36. The molecule has 23 heavy (non-hydrogen) atoms. The van der Waals surface area contributed by atoms with Crippen LogP contribution in [0.2, 0.25) is 0 Å². The highest BCUT2D eigenvalue weighted by atomic mass is 16.2. The number of anilines is 1. The number of aryl methyl sites for hydroxylation is 1. The lowest BCUT2D eigenvalue weighted by atomic mass is 9.88. The van der Waals surface area contributed by atoms with Gasteiger partial charge in [-0.1, -0.05) is 19.8 Å². The molecule has 2 aromatic heterocycles.